The minimum atomic E-state index is -3.75. The molecule has 0 bridgehead atoms. The summed E-state index contributed by atoms with van der Waals surface area (Å²) < 4.78 is 27.8. The molecule has 2 rings (SSSR count). The number of carbonyl (C=O) groups is 1. The number of nitrogens with one attached hydrogen (secondary N) is 2. The van der Waals surface area contributed by atoms with E-state index < -0.39 is 26.4 Å². The molecule has 2 aromatic rings. The van der Waals surface area contributed by atoms with Crippen LogP contribution in [0.3, 0.4) is 0 Å². The lowest BCUT2D eigenvalue weighted by Gasteiger charge is -2.24. The molecule has 0 aliphatic heterocycles. The number of nitrogens with two attached hydrogens (primary N) is 1. The van der Waals surface area contributed by atoms with E-state index in [9.17, 15) is 23.3 Å². The summed E-state index contributed by atoms with van der Waals surface area (Å²) in [5.41, 5.74) is 4.06. The van der Waals surface area contributed by atoms with Gasteiger partial charge in [0.05, 0.1) is 9.82 Å². The molecule has 0 aliphatic rings. The smallest absolute Gasteiger partial charge is 0.307 e. The minimum absolute atomic E-state index is 0.0266. The summed E-state index contributed by atoms with van der Waals surface area (Å²) in [7, 11) is -3.75. The van der Waals surface area contributed by atoms with Gasteiger partial charge in [-0.1, -0.05) is 6.07 Å². The number of hydrogen-bond donors (Lipinski definition) is 3. The van der Waals surface area contributed by atoms with Crippen molar-refractivity contribution in [2.45, 2.75) is 24.3 Å². The molecule has 1 aromatic carbocycles. The van der Waals surface area contributed by atoms with Gasteiger partial charge in [-0.25, -0.2) is 13.1 Å². The Labute approximate surface area is 155 Å². The number of amides is 1. The normalized spacial score (nSPS) is 12.0. The molecule has 0 saturated heterocycles. The summed E-state index contributed by atoms with van der Waals surface area (Å²) in [4.78, 5) is 22.8. The lowest BCUT2D eigenvalue weighted by atomic mass is 10.0. The highest BCUT2D eigenvalue weighted by Gasteiger charge is 2.32. The average molecular weight is 396 g/mol. The summed E-state index contributed by atoms with van der Waals surface area (Å²) in [5.74, 6) is -0.523. The van der Waals surface area contributed by atoms with Gasteiger partial charge in [-0.3, -0.25) is 19.6 Å². The third kappa shape index (κ3) is 4.67. The van der Waals surface area contributed by atoms with E-state index in [-0.39, 0.29) is 29.4 Å². The van der Waals surface area contributed by atoms with Crippen LogP contribution in [0.2, 0.25) is 0 Å². The second-order valence-electron chi connectivity index (χ2n) is 6.13. The van der Waals surface area contributed by atoms with Gasteiger partial charge in [-0.2, -0.15) is 5.10 Å². The first kappa shape index (κ1) is 20.5. The maximum atomic E-state index is 12.6. The number of nitro groups is 1. The van der Waals surface area contributed by atoms with E-state index in [0.29, 0.717) is 0 Å². The van der Waals surface area contributed by atoms with Gasteiger partial charge in [0.1, 0.15) is 17.9 Å². The lowest BCUT2D eigenvalue weighted by molar-refractivity contribution is -0.385. The topological polar surface area (TPSA) is 162 Å². The molecule has 1 aromatic heterocycles. The Morgan fingerprint density at radius 3 is 2.70 bits per heavy atom. The first-order chi connectivity index (χ1) is 12.6. The Morgan fingerprint density at radius 2 is 2.11 bits per heavy atom. The number of anilines is 1. The molecule has 1 heterocycles. The molecule has 1 amide bonds. The Balaban J connectivity index is 2.21. The summed E-state index contributed by atoms with van der Waals surface area (Å²) in [6.07, 6.45) is 2.20. The number of benzene rings is 1. The molecular formula is C15H20N6O5S. The summed E-state index contributed by atoms with van der Waals surface area (Å²) >= 11 is 0. The van der Waals surface area contributed by atoms with Crippen molar-refractivity contribution in [1.82, 2.24) is 14.5 Å². The quantitative estimate of drug-likeness (QED) is 0.429. The van der Waals surface area contributed by atoms with E-state index in [1.165, 1.54) is 42.8 Å². The molecule has 0 saturated carbocycles. The SMILES string of the molecule is CC(C)(C(=O)Nc1cccc(S(=O)(=O)NCCN)c1)n1cc([N+](=O)[O-])cn1. The Kier molecular flexibility index (Phi) is 5.93. The molecule has 0 spiro atoms. The van der Waals surface area contributed by atoms with Gasteiger partial charge in [0.25, 0.3) is 5.91 Å². The third-order valence-electron chi connectivity index (χ3n) is 3.75. The molecular weight excluding hydrogens is 376 g/mol. The lowest BCUT2D eigenvalue weighted by Crippen LogP contribution is -2.40. The van der Waals surface area contributed by atoms with Gasteiger partial charge in [-0.15, -0.1) is 0 Å². The highest BCUT2D eigenvalue weighted by atomic mass is 32.2. The van der Waals surface area contributed by atoms with Crippen molar-refractivity contribution in [1.29, 1.82) is 0 Å². The van der Waals surface area contributed by atoms with Crippen molar-refractivity contribution in [3.63, 3.8) is 0 Å². The second-order valence-corrected chi connectivity index (χ2v) is 7.89. The third-order valence-corrected chi connectivity index (χ3v) is 5.21. The van der Waals surface area contributed by atoms with E-state index in [1.807, 2.05) is 0 Å². The van der Waals surface area contributed by atoms with Crippen molar-refractivity contribution in [3.8, 4) is 0 Å². The average Bonchev–Trinajstić information content (AvgIpc) is 3.11. The number of rotatable bonds is 8. The van der Waals surface area contributed by atoms with E-state index in [0.717, 1.165) is 12.4 Å². The predicted octanol–water partition coefficient (Wildman–Crippen LogP) is 0.402. The Hall–Kier alpha value is -2.83. The van der Waals surface area contributed by atoms with Crippen LogP contribution in [0.25, 0.3) is 0 Å². The largest absolute Gasteiger partial charge is 0.329 e. The van der Waals surface area contributed by atoms with E-state index in [4.69, 9.17) is 5.73 Å². The van der Waals surface area contributed by atoms with Crippen molar-refractivity contribution in [3.05, 3.63) is 46.8 Å². The van der Waals surface area contributed by atoms with Gasteiger partial charge >= 0.3 is 5.69 Å². The van der Waals surface area contributed by atoms with Crippen LogP contribution in [0.15, 0.2) is 41.6 Å². The summed E-state index contributed by atoms with van der Waals surface area (Å²) in [5, 5.41) is 17.2. The van der Waals surface area contributed by atoms with E-state index >= 15 is 0 Å². The molecule has 0 atom stereocenters. The van der Waals surface area contributed by atoms with Crippen molar-refractivity contribution in [2.24, 2.45) is 5.73 Å². The Morgan fingerprint density at radius 1 is 1.41 bits per heavy atom. The minimum Gasteiger partial charge on any atom is -0.329 e. The second kappa shape index (κ2) is 7.82. The zero-order chi connectivity index (χ0) is 20.2. The summed E-state index contributed by atoms with van der Waals surface area (Å²) in [6, 6.07) is 5.70. The maximum absolute atomic E-state index is 12.6. The molecule has 0 unspecified atom stereocenters. The molecule has 27 heavy (non-hydrogen) atoms. The molecule has 0 aliphatic carbocycles. The van der Waals surface area contributed by atoms with E-state index in [2.05, 4.69) is 15.1 Å². The Bertz CT molecular complexity index is 953. The fourth-order valence-corrected chi connectivity index (χ4v) is 3.21. The molecule has 12 heteroatoms. The molecule has 4 N–H and O–H groups in total. The van der Waals surface area contributed by atoms with Gasteiger partial charge in [0.2, 0.25) is 10.0 Å². The molecule has 146 valence electrons. The fourth-order valence-electron chi connectivity index (χ4n) is 2.12. The number of aromatic nitrogens is 2. The highest BCUT2D eigenvalue weighted by molar-refractivity contribution is 7.89. The maximum Gasteiger partial charge on any atom is 0.307 e. The number of nitrogens with zero attached hydrogens (tertiary/aromatic N) is 3. The van der Waals surface area contributed by atoms with Crippen LogP contribution < -0.4 is 15.8 Å². The van der Waals surface area contributed by atoms with Crippen molar-refractivity contribution >= 4 is 27.3 Å². The van der Waals surface area contributed by atoms with Crippen LogP contribution in [0.4, 0.5) is 11.4 Å². The highest BCUT2D eigenvalue weighted by Crippen LogP contribution is 2.22. The van der Waals surface area contributed by atoms with Crippen molar-refractivity contribution in [2.75, 3.05) is 18.4 Å². The zero-order valence-electron chi connectivity index (χ0n) is 14.7. The molecule has 0 fully saturated rings. The molecule has 0 radical (unpaired) electrons. The van der Waals surface area contributed by atoms with Crippen molar-refractivity contribution < 1.29 is 18.1 Å². The number of hydrogen-bond acceptors (Lipinski definition) is 7. The van der Waals surface area contributed by atoms with Gasteiger partial charge in [0, 0.05) is 18.8 Å². The standard InChI is InChI=1S/C15H20N6O5S/c1-15(2,20-10-12(9-17-20)21(23)24)14(22)19-11-4-3-5-13(8-11)27(25,26)18-7-6-16/h3-5,8-10,18H,6-7,16H2,1-2H3,(H,19,22). The van der Waals surface area contributed by atoms with Crippen LogP contribution in [-0.4, -0.2) is 42.1 Å². The van der Waals surface area contributed by atoms with E-state index in [1.54, 1.807) is 0 Å². The van der Waals surface area contributed by atoms with Gasteiger partial charge in [-0.05, 0) is 32.0 Å². The van der Waals surface area contributed by atoms with Crippen LogP contribution >= 0.6 is 0 Å². The first-order valence-corrected chi connectivity index (χ1v) is 9.37. The van der Waals surface area contributed by atoms with Gasteiger partial charge < -0.3 is 11.1 Å². The zero-order valence-corrected chi connectivity index (χ0v) is 15.6. The van der Waals surface area contributed by atoms with Gasteiger partial charge in [0.15, 0.2) is 0 Å². The van der Waals surface area contributed by atoms with Crippen LogP contribution in [0, 0.1) is 10.1 Å². The van der Waals surface area contributed by atoms with Crippen LogP contribution in [0.1, 0.15) is 13.8 Å². The monoisotopic (exact) mass is 396 g/mol. The van der Waals surface area contributed by atoms with Crippen LogP contribution in [0.5, 0.6) is 0 Å². The fraction of sp³-hybridized carbons (Fsp3) is 0.333. The summed E-state index contributed by atoms with van der Waals surface area (Å²) in [6.45, 7) is 3.30. The van der Waals surface area contributed by atoms with Crippen LogP contribution in [-0.2, 0) is 20.4 Å². The number of sulfonamides is 1. The first-order valence-electron chi connectivity index (χ1n) is 7.88. The number of carbonyl (C=O) groups excluding carboxylic acids is 1. The predicted molar refractivity (Wildman–Crippen MR) is 97.5 cm³/mol. The molecule has 11 nitrogen and oxygen atoms in total.